The van der Waals surface area contributed by atoms with Gasteiger partial charge in [-0.25, -0.2) is 9.78 Å². The monoisotopic (exact) mass is 282 g/mol. The molecule has 1 amide bonds. The van der Waals surface area contributed by atoms with Gasteiger partial charge < -0.3 is 15.3 Å². The van der Waals surface area contributed by atoms with Crippen LogP contribution in [0.3, 0.4) is 0 Å². The van der Waals surface area contributed by atoms with Gasteiger partial charge in [-0.1, -0.05) is 0 Å². The van der Waals surface area contributed by atoms with Crippen LogP contribution in [-0.2, 0) is 4.79 Å². The molecule has 9 nitrogen and oxygen atoms in total. The third-order valence-corrected chi connectivity index (χ3v) is 2.60. The molecule has 0 unspecified atom stereocenters. The highest BCUT2D eigenvalue weighted by Gasteiger charge is 2.19. The van der Waals surface area contributed by atoms with Crippen molar-refractivity contribution in [3.05, 3.63) is 27.9 Å². The van der Waals surface area contributed by atoms with Crippen LogP contribution in [0, 0.1) is 10.1 Å². The SMILES string of the molecule is CCN(C)C(=O)CNc1nc(C(=O)O)ccc1[N+](=O)[O-]. The minimum absolute atomic E-state index is 0.207. The predicted octanol–water partition coefficient (Wildman–Crippen LogP) is 0.578. The van der Waals surface area contributed by atoms with Crippen LogP contribution in [0.4, 0.5) is 11.5 Å². The Bertz CT molecular complexity index is 546. The van der Waals surface area contributed by atoms with Gasteiger partial charge in [0.1, 0.15) is 0 Å². The molecule has 0 bridgehead atoms. The number of aromatic carboxylic acids is 1. The number of aromatic nitrogens is 1. The van der Waals surface area contributed by atoms with Crippen LogP contribution in [0.25, 0.3) is 0 Å². The average Bonchev–Trinajstić information content (AvgIpc) is 2.43. The smallest absolute Gasteiger partial charge is 0.354 e. The third kappa shape index (κ3) is 3.64. The van der Waals surface area contributed by atoms with E-state index in [4.69, 9.17) is 5.11 Å². The van der Waals surface area contributed by atoms with Crippen molar-refractivity contribution in [2.45, 2.75) is 6.92 Å². The lowest BCUT2D eigenvalue weighted by molar-refractivity contribution is -0.384. The molecule has 1 heterocycles. The zero-order chi connectivity index (χ0) is 15.3. The van der Waals surface area contributed by atoms with E-state index in [1.807, 2.05) is 0 Å². The summed E-state index contributed by atoms with van der Waals surface area (Å²) in [5, 5.41) is 22.1. The van der Waals surface area contributed by atoms with Crippen LogP contribution >= 0.6 is 0 Å². The first-order valence-electron chi connectivity index (χ1n) is 5.73. The van der Waals surface area contributed by atoms with E-state index in [0.29, 0.717) is 6.54 Å². The second kappa shape index (κ2) is 6.45. The summed E-state index contributed by atoms with van der Waals surface area (Å²) < 4.78 is 0. The first-order chi connectivity index (χ1) is 9.36. The summed E-state index contributed by atoms with van der Waals surface area (Å²) in [6, 6.07) is 2.07. The molecule has 108 valence electrons. The number of carbonyl (C=O) groups excluding carboxylic acids is 1. The fourth-order valence-electron chi connectivity index (χ4n) is 1.32. The molecule has 0 aromatic carbocycles. The molecular formula is C11H14N4O5. The van der Waals surface area contributed by atoms with Gasteiger partial charge in [-0.15, -0.1) is 0 Å². The van der Waals surface area contributed by atoms with Gasteiger partial charge in [0.25, 0.3) is 0 Å². The number of hydrogen-bond acceptors (Lipinski definition) is 6. The first kappa shape index (κ1) is 15.3. The maximum atomic E-state index is 11.6. The number of hydrogen-bond donors (Lipinski definition) is 2. The lowest BCUT2D eigenvalue weighted by Gasteiger charge is -2.15. The molecule has 0 aliphatic heterocycles. The number of amides is 1. The van der Waals surface area contributed by atoms with Gasteiger partial charge in [0, 0.05) is 19.7 Å². The lowest BCUT2D eigenvalue weighted by Crippen LogP contribution is -2.32. The summed E-state index contributed by atoms with van der Waals surface area (Å²) in [4.78, 5) is 37.6. The van der Waals surface area contributed by atoms with Gasteiger partial charge in [0.2, 0.25) is 11.7 Å². The highest BCUT2D eigenvalue weighted by atomic mass is 16.6. The minimum Gasteiger partial charge on any atom is -0.477 e. The summed E-state index contributed by atoms with van der Waals surface area (Å²) in [6.45, 7) is 2.07. The normalized spacial score (nSPS) is 9.90. The number of nitrogens with one attached hydrogen (secondary N) is 1. The highest BCUT2D eigenvalue weighted by Crippen LogP contribution is 2.21. The summed E-state index contributed by atoms with van der Waals surface area (Å²) in [7, 11) is 1.58. The second-order valence-corrected chi connectivity index (χ2v) is 3.89. The average molecular weight is 282 g/mol. The molecule has 0 radical (unpaired) electrons. The van der Waals surface area contributed by atoms with Crippen molar-refractivity contribution in [3.63, 3.8) is 0 Å². The van der Waals surface area contributed by atoms with Crippen LogP contribution in [0.1, 0.15) is 17.4 Å². The Balaban J connectivity index is 2.96. The van der Waals surface area contributed by atoms with E-state index in [0.717, 1.165) is 12.1 Å². The number of carbonyl (C=O) groups is 2. The summed E-state index contributed by atoms with van der Waals surface area (Å²) in [5.74, 6) is -1.84. The lowest BCUT2D eigenvalue weighted by atomic mass is 10.3. The Hall–Kier alpha value is -2.71. The molecule has 2 N–H and O–H groups in total. The molecule has 0 atom stereocenters. The number of nitrogens with zero attached hydrogens (tertiary/aromatic N) is 3. The number of nitro groups is 1. The largest absolute Gasteiger partial charge is 0.477 e. The maximum Gasteiger partial charge on any atom is 0.354 e. The second-order valence-electron chi connectivity index (χ2n) is 3.89. The van der Waals surface area contributed by atoms with E-state index < -0.39 is 10.9 Å². The zero-order valence-electron chi connectivity index (χ0n) is 11.0. The van der Waals surface area contributed by atoms with Crippen molar-refractivity contribution < 1.29 is 19.6 Å². The molecular weight excluding hydrogens is 268 g/mol. The zero-order valence-corrected chi connectivity index (χ0v) is 11.0. The number of carboxylic acids is 1. The summed E-state index contributed by atoms with van der Waals surface area (Å²) in [5.41, 5.74) is -0.726. The van der Waals surface area contributed by atoms with Gasteiger partial charge in [-0.05, 0) is 13.0 Å². The Morgan fingerprint density at radius 1 is 1.50 bits per heavy atom. The summed E-state index contributed by atoms with van der Waals surface area (Å²) in [6.07, 6.45) is 0. The van der Waals surface area contributed by atoms with Crippen molar-refractivity contribution in [1.29, 1.82) is 0 Å². The highest BCUT2D eigenvalue weighted by molar-refractivity contribution is 5.87. The van der Waals surface area contributed by atoms with Gasteiger partial charge in [0.15, 0.2) is 5.69 Å². The van der Waals surface area contributed by atoms with E-state index in [1.54, 1.807) is 14.0 Å². The van der Waals surface area contributed by atoms with Crippen molar-refractivity contribution >= 4 is 23.4 Å². The predicted molar refractivity (Wildman–Crippen MR) is 69.7 cm³/mol. The Morgan fingerprint density at radius 2 is 2.15 bits per heavy atom. The van der Waals surface area contributed by atoms with Gasteiger partial charge in [0.05, 0.1) is 11.5 Å². The molecule has 0 aliphatic carbocycles. The van der Waals surface area contributed by atoms with Crippen molar-refractivity contribution in [3.8, 4) is 0 Å². The van der Waals surface area contributed by atoms with Crippen molar-refractivity contribution in [2.75, 3.05) is 25.5 Å². The molecule has 1 rings (SSSR count). The Kier molecular flexibility index (Phi) is 4.95. The maximum absolute atomic E-state index is 11.6. The van der Waals surface area contributed by atoms with Crippen molar-refractivity contribution in [2.24, 2.45) is 0 Å². The number of anilines is 1. The van der Waals surface area contributed by atoms with Crippen molar-refractivity contribution in [1.82, 2.24) is 9.88 Å². The first-order valence-corrected chi connectivity index (χ1v) is 5.73. The molecule has 9 heteroatoms. The molecule has 0 saturated heterocycles. The number of carboxylic acid groups (broad SMARTS) is 1. The molecule has 0 spiro atoms. The third-order valence-electron chi connectivity index (χ3n) is 2.60. The van der Waals surface area contributed by atoms with Crippen LogP contribution in [0.15, 0.2) is 12.1 Å². The molecule has 0 aliphatic rings. The number of pyridine rings is 1. The fourth-order valence-corrected chi connectivity index (χ4v) is 1.32. The van der Waals surface area contributed by atoms with Gasteiger partial charge in [-0.3, -0.25) is 14.9 Å². The van der Waals surface area contributed by atoms with Crippen LogP contribution in [-0.4, -0.2) is 51.9 Å². The Labute approximate surface area is 114 Å². The Morgan fingerprint density at radius 3 is 2.65 bits per heavy atom. The van der Waals surface area contributed by atoms with Gasteiger partial charge >= 0.3 is 11.7 Å². The quantitative estimate of drug-likeness (QED) is 0.577. The summed E-state index contributed by atoms with van der Waals surface area (Å²) >= 11 is 0. The van der Waals surface area contributed by atoms with Crippen LogP contribution in [0.2, 0.25) is 0 Å². The van der Waals surface area contributed by atoms with Crippen LogP contribution in [0.5, 0.6) is 0 Å². The number of likely N-dealkylation sites (N-methyl/N-ethyl adjacent to an activating group) is 1. The molecule has 0 fully saturated rings. The van der Waals surface area contributed by atoms with E-state index in [-0.39, 0.29) is 29.7 Å². The molecule has 1 aromatic heterocycles. The molecule has 20 heavy (non-hydrogen) atoms. The molecule has 1 aromatic rings. The van der Waals surface area contributed by atoms with Crippen LogP contribution < -0.4 is 5.32 Å². The molecule has 0 saturated carbocycles. The standard InChI is InChI=1S/C11H14N4O5/c1-3-14(2)9(16)6-12-10-8(15(19)20)5-4-7(13-10)11(17)18/h4-5H,3,6H2,1-2H3,(H,12,13)(H,17,18). The van der Waals surface area contributed by atoms with Gasteiger partial charge in [-0.2, -0.15) is 0 Å². The minimum atomic E-state index is -1.31. The fraction of sp³-hybridized carbons (Fsp3) is 0.364. The van der Waals surface area contributed by atoms with E-state index >= 15 is 0 Å². The number of rotatable bonds is 6. The topological polar surface area (TPSA) is 126 Å². The van der Waals surface area contributed by atoms with E-state index in [1.165, 1.54) is 4.90 Å². The van der Waals surface area contributed by atoms with E-state index in [2.05, 4.69) is 10.3 Å². The van der Waals surface area contributed by atoms with E-state index in [9.17, 15) is 19.7 Å².